The Balaban J connectivity index is 1.77. The van der Waals surface area contributed by atoms with Gasteiger partial charge >= 0.3 is 0 Å². The smallest absolute Gasteiger partial charge is 0.262 e. The summed E-state index contributed by atoms with van der Waals surface area (Å²) in [5, 5.41) is 2.64. The number of amides is 1. The molecule has 6 nitrogen and oxygen atoms in total. The minimum Gasteiger partial charge on any atom is -0.482 e. The topological polar surface area (TPSA) is 84.5 Å². The van der Waals surface area contributed by atoms with Crippen LogP contribution in [0.4, 0.5) is 5.69 Å². The Bertz CT molecular complexity index is 866. The van der Waals surface area contributed by atoms with Crippen LogP contribution in [0.15, 0.2) is 53.4 Å². The molecule has 0 aromatic heterocycles. The van der Waals surface area contributed by atoms with Crippen LogP contribution >= 0.6 is 0 Å². The monoisotopic (exact) mass is 360 g/mol. The quantitative estimate of drug-likeness (QED) is 0.828. The van der Waals surface area contributed by atoms with Gasteiger partial charge in [-0.05, 0) is 30.5 Å². The van der Waals surface area contributed by atoms with Crippen molar-refractivity contribution < 1.29 is 17.9 Å². The van der Waals surface area contributed by atoms with E-state index in [1.165, 1.54) is 12.1 Å². The fourth-order valence-corrected chi connectivity index (χ4v) is 4.01. The van der Waals surface area contributed by atoms with Crippen molar-refractivity contribution in [2.75, 3.05) is 11.9 Å². The molecule has 0 saturated carbocycles. The number of ether oxygens (including phenoxy) is 1. The molecule has 25 heavy (non-hydrogen) atoms. The van der Waals surface area contributed by atoms with Crippen molar-refractivity contribution in [3.63, 3.8) is 0 Å². The van der Waals surface area contributed by atoms with Crippen LogP contribution in [0, 0.1) is 0 Å². The van der Waals surface area contributed by atoms with Gasteiger partial charge in [0.2, 0.25) is 10.0 Å². The number of hydrogen-bond acceptors (Lipinski definition) is 4. The summed E-state index contributed by atoms with van der Waals surface area (Å²) in [7, 11) is -3.68. The van der Waals surface area contributed by atoms with Gasteiger partial charge in [-0.25, -0.2) is 13.1 Å². The average molecular weight is 360 g/mol. The number of carbonyl (C=O) groups is 1. The first-order valence-corrected chi connectivity index (χ1v) is 9.59. The second-order valence-corrected chi connectivity index (χ2v) is 7.62. The van der Waals surface area contributed by atoms with Crippen LogP contribution in [0.5, 0.6) is 5.75 Å². The highest BCUT2D eigenvalue weighted by Gasteiger charge is 2.23. The van der Waals surface area contributed by atoms with E-state index in [-0.39, 0.29) is 23.5 Å². The summed E-state index contributed by atoms with van der Waals surface area (Å²) in [6.45, 7) is 1.83. The Morgan fingerprint density at radius 1 is 1.20 bits per heavy atom. The molecule has 0 saturated heterocycles. The van der Waals surface area contributed by atoms with E-state index < -0.39 is 10.0 Å². The first-order chi connectivity index (χ1) is 12.0. The van der Waals surface area contributed by atoms with Gasteiger partial charge in [0.05, 0.1) is 10.6 Å². The summed E-state index contributed by atoms with van der Waals surface area (Å²) < 4.78 is 33.4. The van der Waals surface area contributed by atoms with Gasteiger partial charge in [0.25, 0.3) is 5.91 Å². The van der Waals surface area contributed by atoms with E-state index in [2.05, 4.69) is 10.0 Å². The van der Waals surface area contributed by atoms with Gasteiger partial charge in [-0.1, -0.05) is 37.3 Å². The van der Waals surface area contributed by atoms with Gasteiger partial charge in [-0.2, -0.15) is 0 Å². The molecule has 1 heterocycles. The molecule has 1 aliphatic rings. The molecule has 0 bridgehead atoms. The Morgan fingerprint density at radius 2 is 1.96 bits per heavy atom. The first-order valence-electron chi connectivity index (χ1n) is 8.11. The lowest BCUT2D eigenvalue weighted by Crippen LogP contribution is -2.36. The molecule has 2 aromatic rings. The summed E-state index contributed by atoms with van der Waals surface area (Å²) in [5.41, 5.74) is 1.56. The molecule has 2 N–H and O–H groups in total. The molecular formula is C18H20N2O4S. The maximum absolute atomic E-state index is 12.7. The maximum atomic E-state index is 12.7. The predicted molar refractivity (Wildman–Crippen MR) is 95.1 cm³/mol. The van der Waals surface area contributed by atoms with Crippen molar-refractivity contribution in [2.45, 2.75) is 30.7 Å². The first kappa shape index (κ1) is 17.4. The molecule has 1 amide bonds. The molecular weight excluding hydrogens is 340 g/mol. The number of rotatable bonds is 6. The van der Waals surface area contributed by atoms with E-state index in [4.69, 9.17) is 4.74 Å². The third-order valence-corrected chi connectivity index (χ3v) is 5.55. The van der Waals surface area contributed by atoms with Crippen molar-refractivity contribution >= 4 is 21.6 Å². The summed E-state index contributed by atoms with van der Waals surface area (Å²) >= 11 is 0. The number of fused-ring (bicyclic) bond motifs is 1. The lowest BCUT2D eigenvalue weighted by atomic mass is 10.1. The van der Waals surface area contributed by atoms with Crippen molar-refractivity contribution in [2.24, 2.45) is 0 Å². The van der Waals surface area contributed by atoms with Crippen LogP contribution in [-0.2, 0) is 21.2 Å². The number of sulfonamides is 1. The van der Waals surface area contributed by atoms with Gasteiger partial charge in [0, 0.05) is 12.1 Å². The van der Waals surface area contributed by atoms with Crippen LogP contribution < -0.4 is 14.8 Å². The van der Waals surface area contributed by atoms with E-state index in [1.807, 2.05) is 37.3 Å². The van der Waals surface area contributed by atoms with E-state index in [1.54, 1.807) is 6.07 Å². The van der Waals surface area contributed by atoms with Crippen molar-refractivity contribution in [1.29, 1.82) is 0 Å². The molecule has 0 radical (unpaired) electrons. The maximum Gasteiger partial charge on any atom is 0.262 e. The predicted octanol–water partition coefficient (Wildman–Crippen LogP) is 2.32. The second kappa shape index (κ2) is 7.25. The largest absolute Gasteiger partial charge is 0.482 e. The molecule has 0 aliphatic carbocycles. The lowest BCUT2D eigenvalue weighted by Gasteiger charge is -2.20. The zero-order valence-corrected chi connectivity index (χ0v) is 14.7. The van der Waals surface area contributed by atoms with E-state index >= 15 is 0 Å². The average Bonchev–Trinajstić information content (AvgIpc) is 2.61. The second-order valence-electron chi connectivity index (χ2n) is 5.91. The van der Waals surface area contributed by atoms with E-state index in [0.717, 1.165) is 5.56 Å². The zero-order chi connectivity index (χ0) is 17.9. The minimum absolute atomic E-state index is 0.116. The zero-order valence-electron chi connectivity index (χ0n) is 13.9. The highest BCUT2D eigenvalue weighted by Crippen LogP contribution is 2.30. The lowest BCUT2D eigenvalue weighted by molar-refractivity contribution is -0.118. The number of nitrogens with one attached hydrogen (secondary N) is 2. The standard InChI is InChI=1S/C18H20N2O4S/c1-2-14(10-13-6-4-3-5-7-13)20-25(22,23)15-8-9-16-17(11-15)24-12-18(21)19-16/h3-9,11,14,20H,2,10,12H2,1H3,(H,19,21). The normalized spacial score (nSPS) is 15.0. The number of anilines is 1. The Hall–Kier alpha value is -2.38. The Labute approximate surface area is 147 Å². The summed E-state index contributed by atoms with van der Waals surface area (Å²) in [6.07, 6.45) is 1.29. The summed E-state index contributed by atoms with van der Waals surface area (Å²) in [5.74, 6) is 0.105. The fraction of sp³-hybridized carbons (Fsp3) is 0.278. The summed E-state index contributed by atoms with van der Waals surface area (Å²) in [6, 6.07) is 14.0. The van der Waals surface area contributed by atoms with Crippen molar-refractivity contribution in [3.05, 3.63) is 54.1 Å². The van der Waals surface area contributed by atoms with Crippen molar-refractivity contribution in [3.8, 4) is 5.75 Å². The fourth-order valence-electron chi connectivity index (χ4n) is 2.68. The van der Waals surface area contributed by atoms with Crippen LogP contribution in [0.25, 0.3) is 0 Å². The molecule has 0 spiro atoms. The van der Waals surface area contributed by atoms with Crippen molar-refractivity contribution in [1.82, 2.24) is 4.72 Å². The van der Waals surface area contributed by atoms with Gasteiger partial charge < -0.3 is 10.1 Å². The highest BCUT2D eigenvalue weighted by molar-refractivity contribution is 7.89. The Morgan fingerprint density at radius 3 is 2.68 bits per heavy atom. The molecule has 7 heteroatoms. The molecule has 3 rings (SSSR count). The molecule has 2 aromatic carbocycles. The third-order valence-electron chi connectivity index (χ3n) is 4.04. The minimum atomic E-state index is -3.68. The van der Waals surface area contributed by atoms with E-state index in [0.29, 0.717) is 24.3 Å². The summed E-state index contributed by atoms with van der Waals surface area (Å²) in [4.78, 5) is 11.4. The van der Waals surface area contributed by atoms with Crippen LogP contribution in [0.2, 0.25) is 0 Å². The van der Waals surface area contributed by atoms with Gasteiger partial charge in [0.1, 0.15) is 5.75 Å². The molecule has 1 unspecified atom stereocenters. The van der Waals surface area contributed by atoms with Crippen LogP contribution in [-0.4, -0.2) is 27.0 Å². The Kier molecular flexibility index (Phi) is 5.06. The number of hydrogen-bond donors (Lipinski definition) is 2. The van der Waals surface area contributed by atoms with Gasteiger partial charge in [-0.3, -0.25) is 4.79 Å². The molecule has 0 fully saturated rings. The van der Waals surface area contributed by atoms with Crippen LogP contribution in [0.1, 0.15) is 18.9 Å². The number of carbonyl (C=O) groups excluding carboxylic acids is 1. The molecule has 132 valence electrons. The highest BCUT2D eigenvalue weighted by atomic mass is 32.2. The number of benzene rings is 2. The van der Waals surface area contributed by atoms with Crippen LogP contribution in [0.3, 0.4) is 0 Å². The van der Waals surface area contributed by atoms with Gasteiger partial charge in [-0.15, -0.1) is 0 Å². The van der Waals surface area contributed by atoms with E-state index in [9.17, 15) is 13.2 Å². The third kappa shape index (κ3) is 4.18. The molecule has 1 aliphatic heterocycles. The molecule has 1 atom stereocenters. The van der Waals surface area contributed by atoms with Gasteiger partial charge in [0.15, 0.2) is 6.61 Å². The SMILES string of the molecule is CCC(Cc1ccccc1)NS(=O)(=O)c1ccc2c(c1)OCC(=O)N2.